The van der Waals surface area contributed by atoms with E-state index in [2.05, 4.69) is 41.5 Å². The minimum absolute atomic E-state index is 0.750. The molecule has 148 valence electrons. The highest BCUT2D eigenvalue weighted by Gasteiger charge is 2.14. The number of benzene rings is 2. The molecule has 4 aromatic rings. The molecule has 0 bridgehead atoms. The van der Waals surface area contributed by atoms with Gasteiger partial charge in [-0.25, -0.2) is 15.0 Å². The quantitative estimate of drug-likeness (QED) is 0.342. The third-order valence-corrected chi connectivity index (χ3v) is 5.38. The SMILES string of the molecule is CCNc1nc(SCCc2ccccc2)nc2c1ncn2-c1ccc(OC)cc1. The van der Waals surface area contributed by atoms with Gasteiger partial charge in [0.1, 0.15) is 12.1 Å². The largest absolute Gasteiger partial charge is 0.497 e. The first-order chi connectivity index (χ1) is 14.3. The van der Waals surface area contributed by atoms with Crippen molar-refractivity contribution < 1.29 is 4.74 Å². The van der Waals surface area contributed by atoms with Crippen LogP contribution in [-0.4, -0.2) is 38.9 Å². The van der Waals surface area contributed by atoms with Gasteiger partial charge >= 0.3 is 0 Å². The lowest BCUT2D eigenvalue weighted by atomic mass is 10.2. The van der Waals surface area contributed by atoms with Crippen molar-refractivity contribution in [3.8, 4) is 11.4 Å². The van der Waals surface area contributed by atoms with Gasteiger partial charge in [-0.3, -0.25) is 4.57 Å². The number of hydrogen-bond donors (Lipinski definition) is 1. The highest BCUT2D eigenvalue weighted by molar-refractivity contribution is 7.99. The number of methoxy groups -OCH3 is 1. The van der Waals surface area contributed by atoms with Gasteiger partial charge in [0.15, 0.2) is 22.1 Å². The minimum atomic E-state index is 0.750. The maximum absolute atomic E-state index is 5.26. The first kappa shape index (κ1) is 19.3. The molecule has 6 nitrogen and oxygen atoms in total. The second-order valence-corrected chi connectivity index (χ2v) is 7.52. The van der Waals surface area contributed by atoms with E-state index in [-0.39, 0.29) is 0 Å². The van der Waals surface area contributed by atoms with Gasteiger partial charge in [0.05, 0.1) is 7.11 Å². The number of fused-ring (bicyclic) bond motifs is 1. The van der Waals surface area contributed by atoms with Gasteiger partial charge in [0.2, 0.25) is 0 Å². The molecule has 2 aromatic heterocycles. The van der Waals surface area contributed by atoms with Gasteiger partial charge in [-0.15, -0.1) is 0 Å². The molecule has 1 N–H and O–H groups in total. The van der Waals surface area contributed by atoms with Gasteiger partial charge in [-0.1, -0.05) is 42.1 Å². The van der Waals surface area contributed by atoms with E-state index >= 15 is 0 Å². The molecular formula is C22H23N5OS. The van der Waals surface area contributed by atoms with E-state index < -0.39 is 0 Å². The Balaban J connectivity index is 1.64. The van der Waals surface area contributed by atoms with Crippen LogP contribution in [0.15, 0.2) is 66.1 Å². The van der Waals surface area contributed by atoms with Crippen molar-refractivity contribution in [1.82, 2.24) is 19.5 Å². The first-order valence-corrected chi connectivity index (χ1v) is 10.6. The lowest BCUT2D eigenvalue weighted by Gasteiger charge is -2.09. The Morgan fingerprint density at radius 2 is 1.83 bits per heavy atom. The summed E-state index contributed by atoms with van der Waals surface area (Å²) in [5, 5.41) is 4.07. The van der Waals surface area contributed by atoms with Crippen LogP contribution in [0.3, 0.4) is 0 Å². The second kappa shape index (κ2) is 8.96. The summed E-state index contributed by atoms with van der Waals surface area (Å²) in [5.74, 6) is 2.50. The summed E-state index contributed by atoms with van der Waals surface area (Å²) in [4.78, 5) is 14.1. The maximum Gasteiger partial charge on any atom is 0.191 e. The van der Waals surface area contributed by atoms with Crippen LogP contribution in [0, 0.1) is 0 Å². The van der Waals surface area contributed by atoms with E-state index in [0.717, 1.165) is 52.3 Å². The van der Waals surface area contributed by atoms with Crippen molar-refractivity contribution >= 4 is 28.7 Å². The number of aryl methyl sites for hydroxylation is 1. The van der Waals surface area contributed by atoms with Crippen LogP contribution in [0.5, 0.6) is 5.75 Å². The molecular weight excluding hydrogens is 382 g/mol. The molecule has 0 unspecified atom stereocenters. The average molecular weight is 406 g/mol. The maximum atomic E-state index is 5.26. The molecule has 29 heavy (non-hydrogen) atoms. The lowest BCUT2D eigenvalue weighted by Crippen LogP contribution is -2.04. The number of ether oxygens (including phenoxy) is 1. The van der Waals surface area contributed by atoms with Crippen LogP contribution in [-0.2, 0) is 6.42 Å². The van der Waals surface area contributed by atoms with Crippen molar-refractivity contribution in [2.45, 2.75) is 18.5 Å². The predicted molar refractivity (Wildman–Crippen MR) is 118 cm³/mol. The van der Waals surface area contributed by atoms with E-state index in [4.69, 9.17) is 14.7 Å². The standard InChI is InChI=1S/C22H23N5OS/c1-3-23-20-19-21(27(15-24-19)17-9-11-18(28-2)12-10-17)26-22(25-20)29-14-13-16-7-5-4-6-8-16/h4-12,15H,3,13-14H2,1-2H3,(H,23,25,26). The summed E-state index contributed by atoms with van der Waals surface area (Å²) >= 11 is 1.66. The van der Waals surface area contributed by atoms with E-state index in [0.29, 0.717) is 0 Å². The highest BCUT2D eigenvalue weighted by Crippen LogP contribution is 2.26. The Bertz CT molecular complexity index is 1080. The van der Waals surface area contributed by atoms with Crippen molar-refractivity contribution in [1.29, 1.82) is 0 Å². The number of rotatable bonds is 8. The molecule has 2 aromatic carbocycles. The van der Waals surface area contributed by atoms with Crippen LogP contribution >= 0.6 is 11.8 Å². The normalized spacial score (nSPS) is 11.0. The van der Waals surface area contributed by atoms with Crippen LogP contribution in [0.4, 0.5) is 5.82 Å². The number of nitrogens with one attached hydrogen (secondary N) is 1. The number of hydrogen-bond acceptors (Lipinski definition) is 6. The summed E-state index contributed by atoms with van der Waals surface area (Å²) in [6.07, 6.45) is 2.77. The van der Waals surface area contributed by atoms with E-state index in [1.54, 1.807) is 25.2 Å². The molecule has 4 rings (SSSR count). The Hall–Kier alpha value is -3.06. The third kappa shape index (κ3) is 4.35. The summed E-state index contributed by atoms with van der Waals surface area (Å²) in [7, 11) is 1.66. The molecule has 0 fully saturated rings. The zero-order chi connectivity index (χ0) is 20.1. The van der Waals surface area contributed by atoms with Crippen molar-refractivity contribution in [3.05, 3.63) is 66.5 Å². The van der Waals surface area contributed by atoms with Gasteiger partial charge in [0, 0.05) is 18.0 Å². The smallest absolute Gasteiger partial charge is 0.191 e. The van der Waals surface area contributed by atoms with Crippen LogP contribution in [0.1, 0.15) is 12.5 Å². The van der Waals surface area contributed by atoms with Crippen LogP contribution in [0.25, 0.3) is 16.9 Å². The number of aromatic nitrogens is 4. The van der Waals surface area contributed by atoms with Gasteiger partial charge < -0.3 is 10.1 Å². The Morgan fingerprint density at radius 3 is 2.55 bits per heavy atom. The zero-order valence-electron chi connectivity index (χ0n) is 16.5. The number of imidazole rings is 1. The molecule has 0 spiro atoms. The first-order valence-electron chi connectivity index (χ1n) is 9.58. The van der Waals surface area contributed by atoms with Crippen molar-refractivity contribution in [3.63, 3.8) is 0 Å². The average Bonchev–Trinajstić information content (AvgIpc) is 3.19. The van der Waals surface area contributed by atoms with Crippen molar-refractivity contribution in [2.75, 3.05) is 24.7 Å². The van der Waals surface area contributed by atoms with Crippen LogP contribution < -0.4 is 10.1 Å². The fourth-order valence-corrected chi connectivity index (χ4v) is 3.90. The molecule has 0 aliphatic heterocycles. The molecule has 0 amide bonds. The number of nitrogens with zero attached hydrogens (tertiary/aromatic N) is 4. The molecule has 0 atom stereocenters. The predicted octanol–water partition coefficient (Wildman–Crippen LogP) is 4.59. The van der Waals surface area contributed by atoms with E-state index in [9.17, 15) is 0 Å². The van der Waals surface area contributed by atoms with Gasteiger partial charge in [-0.2, -0.15) is 0 Å². The molecule has 0 saturated heterocycles. The van der Waals surface area contributed by atoms with E-state index in [1.807, 2.05) is 34.9 Å². The topological polar surface area (TPSA) is 64.9 Å². The molecule has 0 aliphatic rings. The van der Waals surface area contributed by atoms with Crippen LogP contribution in [0.2, 0.25) is 0 Å². The Labute approximate surface area is 174 Å². The Morgan fingerprint density at radius 1 is 1.03 bits per heavy atom. The molecule has 0 aliphatic carbocycles. The lowest BCUT2D eigenvalue weighted by molar-refractivity contribution is 0.415. The molecule has 7 heteroatoms. The molecule has 0 radical (unpaired) electrons. The fourth-order valence-electron chi connectivity index (χ4n) is 3.07. The monoisotopic (exact) mass is 405 g/mol. The summed E-state index contributed by atoms with van der Waals surface area (Å²) in [5.41, 5.74) is 3.87. The summed E-state index contributed by atoms with van der Waals surface area (Å²) in [6, 6.07) is 18.3. The zero-order valence-corrected chi connectivity index (χ0v) is 17.3. The second-order valence-electron chi connectivity index (χ2n) is 6.45. The molecule has 2 heterocycles. The fraction of sp³-hybridized carbons (Fsp3) is 0.227. The minimum Gasteiger partial charge on any atom is -0.497 e. The summed E-state index contributed by atoms with van der Waals surface area (Å²) in [6.45, 7) is 2.83. The molecule has 0 saturated carbocycles. The Kier molecular flexibility index (Phi) is 5.95. The van der Waals surface area contributed by atoms with Crippen molar-refractivity contribution in [2.24, 2.45) is 0 Å². The summed E-state index contributed by atoms with van der Waals surface area (Å²) < 4.78 is 7.25. The van der Waals surface area contributed by atoms with Gasteiger partial charge in [0.25, 0.3) is 0 Å². The number of anilines is 1. The van der Waals surface area contributed by atoms with E-state index in [1.165, 1.54) is 5.56 Å². The number of thioether (sulfide) groups is 1. The highest BCUT2D eigenvalue weighted by atomic mass is 32.2. The van der Waals surface area contributed by atoms with Gasteiger partial charge in [-0.05, 0) is 43.2 Å². The third-order valence-electron chi connectivity index (χ3n) is 4.54.